The minimum absolute atomic E-state index is 0.00364. The molecule has 0 saturated carbocycles. The minimum atomic E-state index is -0.673. The smallest absolute Gasteiger partial charge is 0.0625 e. The topological polar surface area (TPSA) is 124 Å². The number of amides is 1. The van der Waals surface area contributed by atoms with E-state index < -0.39 is 29.7 Å². The summed E-state index contributed by atoms with van der Waals surface area (Å²) >= 11 is 1.98. The number of carbonyl (C=O) groups excluding carboxylic acids is 1. The van der Waals surface area contributed by atoms with Crippen LogP contribution in [0.25, 0.3) is 0 Å². The summed E-state index contributed by atoms with van der Waals surface area (Å²) in [5.41, 5.74) is -0.604. The molecule has 233 valence electrons. The fraction of sp³-hybridized carbons (Fsp3) is 0.833. The summed E-state index contributed by atoms with van der Waals surface area (Å²) in [6.45, 7) is 22.0. The van der Waals surface area contributed by atoms with Gasteiger partial charge in [0.1, 0.15) is 0 Å². The van der Waals surface area contributed by atoms with E-state index in [1.807, 2.05) is 17.2 Å². The average Bonchev–Trinajstić information content (AvgIpc) is 3.35. The molecule has 0 radical (unpaired) electrons. The van der Waals surface area contributed by atoms with Gasteiger partial charge in [0.15, 0.2) is 0 Å². The van der Waals surface area contributed by atoms with Crippen molar-refractivity contribution in [2.24, 2.45) is 45.4 Å². The number of aryl methyl sites for hydroxylation is 1. The number of aromatic nitrogens is 2. The molecule has 11 heteroatoms. The van der Waals surface area contributed by atoms with E-state index in [4.69, 9.17) is 14.3 Å². The van der Waals surface area contributed by atoms with Crippen molar-refractivity contribution in [3.05, 3.63) is 32.6 Å². The van der Waals surface area contributed by atoms with Gasteiger partial charge in [0, 0.05) is 0 Å². The van der Waals surface area contributed by atoms with Gasteiger partial charge in [0.05, 0.1) is 0 Å². The summed E-state index contributed by atoms with van der Waals surface area (Å²) in [5, 5.41) is 3.34. The van der Waals surface area contributed by atoms with Crippen LogP contribution in [0.4, 0.5) is 0 Å². The molecule has 1 saturated heterocycles. The molecule has 0 aliphatic carbocycles. The van der Waals surface area contributed by atoms with Crippen LogP contribution in [0.15, 0.2) is 19.7 Å². The summed E-state index contributed by atoms with van der Waals surface area (Å²) in [5.74, 6) is 2.86. The van der Waals surface area contributed by atoms with Gasteiger partial charge in [-0.05, 0) is 17.8 Å². The number of aromatic amines is 1. The van der Waals surface area contributed by atoms with Crippen molar-refractivity contribution in [2.45, 2.75) is 107 Å². The Bertz CT molecular complexity index is 1110. The molecule has 10 atom stereocenters. The Morgan fingerprint density at radius 1 is 1.10 bits per heavy atom. The summed E-state index contributed by atoms with van der Waals surface area (Å²) in [6.07, 6.45) is 1.19. The number of hydrogen-bond donors (Lipinski definition) is 2. The van der Waals surface area contributed by atoms with Crippen molar-refractivity contribution in [1.82, 2.24) is 14.9 Å². The first kappa shape index (κ1) is 35.6. The predicted octanol–water partition coefficient (Wildman–Crippen LogP) is 4.55. The Labute approximate surface area is 254 Å². The van der Waals surface area contributed by atoms with Crippen LogP contribution in [0.1, 0.15) is 86.9 Å². The van der Waals surface area contributed by atoms with E-state index in [2.05, 4.69) is 76.6 Å². The first-order valence-electron chi connectivity index (χ1n) is 15.1. The molecule has 0 bridgehead atoms. The second-order valence-corrected chi connectivity index (χ2v) is 12.8. The average molecular weight is 616 g/mol. The third-order valence-electron chi connectivity index (χ3n) is 9.90. The number of nitrogens with zero attached hydrogens (tertiary/aromatic N) is 2. The number of hydrogen-bond acceptors (Lipinski definition) is 7. The maximum atomic E-state index is 13.4. The number of ether oxygens (including phenoxy) is 2. The summed E-state index contributed by atoms with van der Waals surface area (Å²) in [7, 11) is 0. The Hall–Kier alpha value is -1.59. The van der Waals surface area contributed by atoms with Crippen LogP contribution in [0.5, 0.6) is 0 Å². The van der Waals surface area contributed by atoms with Gasteiger partial charge in [-0.1, -0.05) is 54.9 Å². The van der Waals surface area contributed by atoms with Gasteiger partial charge in [-0.3, -0.25) is 0 Å². The number of carbonyl (C=O) groups is 1. The molecule has 41 heavy (non-hydrogen) atoms. The molecule has 2 rings (SSSR count). The molecule has 10 unspecified atom stereocenters. The summed E-state index contributed by atoms with van der Waals surface area (Å²) < 4.78 is 17.1. The van der Waals surface area contributed by atoms with Gasteiger partial charge >= 0.3 is 182 Å². The fourth-order valence-corrected chi connectivity index (χ4v) is 5.99. The van der Waals surface area contributed by atoms with Crippen molar-refractivity contribution in [2.75, 3.05) is 13.2 Å². The summed E-state index contributed by atoms with van der Waals surface area (Å²) in [4.78, 5) is 45.2. The Morgan fingerprint density at radius 2 is 1.73 bits per heavy atom. The standard InChI is InChI=1S/C30H52N4O6.V/c1-11-17(4)20(7)21(8)23(10)28(22(9)19(6)16(2)3)32-26(35)15-38-24-12-27(40-25(24)14-39-31)34-13-18(5)29(36)33-30(34)37;/h13,16-17,19-25,27-28H,11-12,14-15H2,1-10H3,(H,32,35)(H,33,36,37);. The zero-order valence-corrected chi connectivity index (χ0v) is 27.9. The van der Waals surface area contributed by atoms with Crippen LogP contribution < -0.4 is 16.6 Å². The molecule has 1 amide bonds. The molecule has 1 aliphatic heterocycles. The van der Waals surface area contributed by atoms with Crippen LogP contribution in [-0.4, -0.2) is 46.9 Å². The molecule has 1 aromatic rings. The third kappa shape index (κ3) is 9.45. The van der Waals surface area contributed by atoms with Crippen molar-refractivity contribution in [3.63, 3.8) is 0 Å². The van der Waals surface area contributed by atoms with E-state index in [1.54, 1.807) is 6.92 Å². The molecule has 1 aromatic heterocycles. The molecule has 1 aliphatic rings. The molecule has 2 N–H and O–H groups in total. The van der Waals surface area contributed by atoms with E-state index in [-0.39, 0.29) is 37.0 Å². The van der Waals surface area contributed by atoms with Crippen LogP contribution in [-0.2, 0) is 36.3 Å². The third-order valence-corrected chi connectivity index (χ3v) is 10.1. The molecule has 10 nitrogen and oxygen atoms in total. The van der Waals surface area contributed by atoms with Gasteiger partial charge in [0.2, 0.25) is 0 Å². The van der Waals surface area contributed by atoms with Crippen molar-refractivity contribution < 1.29 is 36.3 Å². The van der Waals surface area contributed by atoms with Gasteiger partial charge in [-0.15, -0.1) is 0 Å². The van der Waals surface area contributed by atoms with E-state index >= 15 is 0 Å². The molecule has 0 aromatic carbocycles. The Kier molecular flexibility index (Phi) is 14.2. The molecule has 0 spiro atoms. The van der Waals surface area contributed by atoms with E-state index in [0.29, 0.717) is 41.6 Å². The van der Waals surface area contributed by atoms with Crippen LogP contribution in [0.2, 0.25) is 0 Å². The van der Waals surface area contributed by atoms with Crippen molar-refractivity contribution in [3.8, 4) is 0 Å². The van der Waals surface area contributed by atoms with Crippen molar-refractivity contribution >= 4 is 5.91 Å². The fourth-order valence-electron chi connectivity index (χ4n) is 5.89. The Balaban J connectivity index is 2.18. The predicted molar refractivity (Wildman–Crippen MR) is 155 cm³/mol. The monoisotopic (exact) mass is 615 g/mol. The molecule has 1 fully saturated rings. The molecular weight excluding hydrogens is 563 g/mol. The molecule has 2 heterocycles. The van der Waals surface area contributed by atoms with Gasteiger partial charge in [-0.2, -0.15) is 0 Å². The van der Waals surface area contributed by atoms with Gasteiger partial charge in [-0.25, -0.2) is 0 Å². The zero-order valence-electron chi connectivity index (χ0n) is 26.5. The van der Waals surface area contributed by atoms with Gasteiger partial charge < -0.3 is 0 Å². The van der Waals surface area contributed by atoms with Crippen LogP contribution in [0.3, 0.4) is 0 Å². The first-order chi connectivity index (χ1) is 19.2. The van der Waals surface area contributed by atoms with E-state index in [0.717, 1.165) is 6.42 Å². The zero-order chi connectivity index (χ0) is 31.0. The van der Waals surface area contributed by atoms with Gasteiger partial charge in [0.25, 0.3) is 0 Å². The Morgan fingerprint density at radius 3 is 2.32 bits per heavy atom. The SMILES string of the molecule is CCC(C)C(C)C(C)C(C)C(NC(=O)COC1CC(n2cc(C)c(=O)[nH]c2=O)OC1CO[N]=[V])C(C)C(C)C(C)C. The van der Waals surface area contributed by atoms with Crippen molar-refractivity contribution in [1.29, 1.82) is 0 Å². The number of rotatable bonds is 16. The van der Waals surface area contributed by atoms with E-state index in [1.165, 1.54) is 10.8 Å². The first-order valence-corrected chi connectivity index (χ1v) is 15.7. The maximum absolute atomic E-state index is 13.4. The number of nitrogens with one attached hydrogen (secondary N) is 2. The second-order valence-electron chi connectivity index (χ2n) is 12.6. The van der Waals surface area contributed by atoms with Crippen LogP contribution in [0, 0.1) is 48.3 Å². The molecular formula is C30H52N4O6V. The normalized spacial score (nSPS) is 24.3. The second kappa shape index (κ2) is 16.3. The minimum Gasteiger partial charge on any atom is -0.0625 e. The van der Waals surface area contributed by atoms with E-state index in [9.17, 15) is 14.4 Å². The number of H-pyrrole nitrogens is 1. The quantitative estimate of drug-likeness (QED) is 0.263. The van der Waals surface area contributed by atoms with Crippen LogP contribution >= 0.6 is 0 Å². The summed E-state index contributed by atoms with van der Waals surface area (Å²) in [6, 6.07) is -0.00364.